The van der Waals surface area contributed by atoms with Gasteiger partial charge in [-0.25, -0.2) is 9.97 Å². The van der Waals surface area contributed by atoms with Gasteiger partial charge in [-0.15, -0.1) is 0 Å². The molecular weight excluding hydrogens is 337 g/mol. The summed E-state index contributed by atoms with van der Waals surface area (Å²) in [6.45, 7) is 1.02. The molecule has 3 rings (SSSR count). The van der Waals surface area contributed by atoms with Crippen LogP contribution in [0.2, 0.25) is 5.02 Å². The van der Waals surface area contributed by atoms with Crippen LogP contribution >= 0.6 is 11.6 Å². The van der Waals surface area contributed by atoms with Crippen molar-refractivity contribution in [2.75, 3.05) is 18.0 Å². The van der Waals surface area contributed by atoms with Crippen molar-refractivity contribution in [1.29, 1.82) is 0 Å². The zero-order valence-electron chi connectivity index (χ0n) is 12.6. The van der Waals surface area contributed by atoms with Crippen LogP contribution in [-0.4, -0.2) is 33.9 Å². The fraction of sp³-hybridized carbons (Fsp3) is 0.333. The molecule has 24 heavy (non-hydrogen) atoms. The maximum Gasteiger partial charge on any atom is 0.272 e. The highest BCUT2D eigenvalue weighted by Gasteiger charge is 2.26. The van der Waals surface area contributed by atoms with Crippen molar-refractivity contribution in [1.82, 2.24) is 15.0 Å². The van der Waals surface area contributed by atoms with E-state index < -0.39 is 11.5 Å². The van der Waals surface area contributed by atoms with Gasteiger partial charge in [0, 0.05) is 36.8 Å². The molecule has 1 aliphatic heterocycles. The maximum absolute atomic E-state index is 13.3. The molecule has 0 saturated carbocycles. The number of halogens is 2. The lowest BCUT2D eigenvalue weighted by Gasteiger charge is -2.31. The monoisotopic (exact) mass is 351 g/mol. The normalized spacial score (nSPS) is 15.5. The third-order valence-corrected chi connectivity index (χ3v) is 4.38. The molecule has 0 spiro atoms. The van der Waals surface area contributed by atoms with Gasteiger partial charge < -0.3 is 15.6 Å². The quantitative estimate of drug-likeness (QED) is 0.811. The molecule has 0 aliphatic carbocycles. The minimum Gasteiger partial charge on any atom is -0.369 e. The molecule has 0 radical (unpaired) electrons. The number of primary amides is 1. The van der Waals surface area contributed by atoms with E-state index in [4.69, 9.17) is 17.3 Å². The van der Waals surface area contributed by atoms with Gasteiger partial charge in [-0.05, 0) is 18.9 Å². The molecule has 7 nitrogen and oxygen atoms in total. The number of aromatic amines is 1. The summed E-state index contributed by atoms with van der Waals surface area (Å²) in [5.41, 5.74) is 5.21. The minimum atomic E-state index is -0.672. The molecule has 0 aromatic carbocycles. The Morgan fingerprint density at radius 3 is 2.75 bits per heavy atom. The molecule has 9 heteroatoms. The average molecular weight is 352 g/mol. The van der Waals surface area contributed by atoms with Gasteiger partial charge in [0.1, 0.15) is 10.8 Å². The molecule has 126 valence electrons. The van der Waals surface area contributed by atoms with Crippen LogP contribution in [0, 0.1) is 11.9 Å². The second-order valence-corrected chi connectivity index (χ2v) is 5.96. The summed E-state index contributed by atoms with van der Waals surface area (Å²) in [6, 6.07) is 2.72. The largest absolute Gasteiger partial charge is 0.369 e. The van der Waals surface area contributed by atoms with Gasteiger partial charge in [-0.1, -0.05) is 11.6 Å². The highest BCUT2D eigenvalue weighted by molar-refractivity contribution is 6.32. The number of carbonyl (C=O) groups is 1. The minimum absolute atomic E-state index is 0.0363. The number of amides is 1. The lowest BCUT2D eigenvalue weighted by atomic mass is 9.96. The van der Waals surface area contributed by atoms with E-state index in [2.05, 4.69) is 15.0 Å². The number of hydrogen-bond acceptors (Lipinski definition) is 5. The van der Waals surface area contributed by atoms with Gasteiger partial charge in [0.2, 0.25) is 11.9 Å². The number of nitrogens with zero attached hydrogens (tertiary/aromatic N) is 3. The fourth-order valence-electron chi connectivity index (χ4n) is 2.72. The lowest BCUT2D eigenvalue weighted by molar-refractivity contribution is -0.122. The van der Waals surface area contributed by atoms with E-state index in [-0.39, 0.29) is 22.7 Å². The fourth-order valence-corrected chi connectivity index (χ4v) is 2.93. The summed E-state index contributed by atoms with van der Waals surface area (Å²) in [5, 5.41) is -0.0363. The van der Waals surface area contributed by atoms with E-state index in [1.807, 2.05) is 4.90 Å². The van der Waals surface area contributed by atoms with Gasteiger partial charge in [0.25, 0.3) is 5.56 Å². The number of carbonyl (C=O) groups excluding carboxylic acids is 1. The predicted octanol–water partition coefficient (Wildman–Crippen LogP) is 1.33. The molecule has 1 aliphatic rings. The molecule has 3 heterocycles. The zero-order valence-corrected chi connectivity index (χ0v) is 13.4. The molecule has 0 bridgehead atoms. The van der Waals surface area contributed by atoms with E-state index in [9.17, 15) is 14.0 Å². The van der Waals surface area contributed by atoms with Crippen molar-refractivity contribution in [2.45, 2.75) is 12.8 Å². The average Bonchev–Trinajstić information content (AvgIpc) is 2.57. The molecule has 3 N–H and O–H groups in total. The zero-order chi connectivity index (χ0) is 17.3. The summed E-state index contributed by atoms with van der Waals surface area (Å²) in [5.74, 6) is -0.662. The Hall–Kier alpha value is -2.48. The number of pyridine rings is 1. The number of nitrogens with one attached hydrogen (secondary N) is 1. The molecule has 1 saturated heterocycles. The van der Waals surface area contributed by atoms with Crippen LogP contribution in [0.4, 0.5) is 10.2 Å². The van der Waals surface area contributed by atoms with Crippen molar-refractivity contribution < 1.29 is 9.18 Å². The van der Waals surface area contributed by atoms with Crippen LogP contribution < -0.4 is 16.2 Å². The van der Waals surface area contributed by atoms with Gasteiger partial charge >= 0.3 is 0 Å². The Labute approximate surface area is 141 Å². The van der Waals surface area contributed by atoms with Gasteiger partial charge in [-0.2, -0.15) is 4.39 Å². The van der Waals surface area contributed by atoms with E-state index >= 15 is 0 Å². The number of aromatic nitrogens is 3. The van der Waals surface area contributed by atoms with Crippen LogP contribution in [0.5, 0.6) is 0 Å². The molecule has 2 aromatic rings. The summed E-state index contributed by atoms with van der Waals surface area (Å²) in [6.07, 6.45) is 2.43. The number of nitrogens with two attached hydrogens (primary N) is 1. The number of rotatable bonds is 3. The first-order chi connectivity index (χ1) is 11.5. The smallest absolute Gasteiger partial charge is 0.272 e. The van der Waals surface area contributed by atoms with E-state index in [1.54, 1.807) is 6.07 Å². The van der Waals surface area contributed by atoms with E-state index in [0.717, 1.165) is 0 Å². The van der Waals surface area contributed by atoms with Crippen LogP contribution in [-0.2, 0) is 4.79 Å². The van der Waals surface area contributed by atoms with Crippen LogP contribution in [0.1, 0.15) is 12.8 Å². The third-order valence-electron chi connectivity index (χ3n) is 4.04. The first kappa shape index (κ1) is 16.4. The molecule has 1 fully saturated rings. The second kappa shape index (κ2) is 6.56. The van der Waals surface area contributed by atoms with Crippen molar-refractivity contribution >= 4 is 23.3 Å². The van der Waals surface area contributed by atoms with Crippen molar-refractivity contribution in [3.8, 4) is 11.4 Å². The number of H-pyrrole nitrogens is 1. The highest BCUT2D eigenvalue weighted by Crippen LogP contribution is 2.27. The third kappa shape index (κ3) is 3.23. The van der Waals surface area contributed by atoms with Crippen molar-refractivity contribution in [3.63, 3.8) is 0 Å². The maximum atomic E-state index is 13.3. The standard InChI is InChI=1S/C15H15ClFN5O2/c16-11-14(22-5-2-8(3-6-22)12(18)23)20-13(21-15(11)24)9-1-4-19-10(17)7-9/h1,4,7-8H,2-3,5-6H2,(H2,18,23)(H,20,21,24). The van der Waals surface area contributed by atoms with Gasteiger partial charge in [0.05, 0.1) is 0 Å². The van der Waals surface area contributed by atoms with Crippen LogP contribution in [0.3, 0.4) is 0 Å². The number of anilines is 1. The van der Waals surface area contributed by atoms with Crippen LogP contribution in [0.25, 0.3) is 11.4 Å². The summed E-state index contributed by atoms with van der Waals surface area (Å²) < 4.78 is 13.3. The Morgan fingerprint density at radius 1 is 1.42 bits per heavy atom. The highest BCUT2D eigenvalue weighted by atomic mass is 35.5. The lowest BCUT2D eigenvalue weighted by Crippen LogP contribution is -2.39. The summed E-state index contributed by atoms with van der Waals surface area (Å²) in [4.78, 5) is 35.6. The first-order valence-electron chi connectivity index (χ1n) is 7.41. The van der Waals surface area contributed by atoms with Gasteiger partial charge in [-0.3, -0.25) is 9.59 Å². The van der Waals surface area contributed by atoms with Crippen molar-refractivity contribution in [2.24, 2.45) is 11.7 Å². The van der Waals surface area contributed by atoms with Crippen LogP contribution in [0.15, 0.2) is 23.1 Å². The number of piperidine rings is 1. The molecule has 0 unspecified atom stereocenters. The SMILES string of the molecule is NC(=O)C1CCN(c2nc(-c3ccnc(F)c3)[nH]c(=O)c2Cl)CC1. The summed E-state index contributed by atoms with van der Waals surface area (Å²) in [7, 11) is 0. The van der Waals surface area contributed by atoms with Gasteiger partial charge in [0.15, 0.2) is 5.82 Å². The molecule has 1 amide bonds. The molecular formula is C15H15ClFN5O2. The Kier molecular flexibility index (Phi) is 4.48. The number of hydrogen-bond donors (Lipinski definition) is 2. The second-order valence-electron chi connectivity index (χ2n) is 5.58. The Bertz CT molecular complexity index is 833. The molecule has 0 atom stereocenters. The first-order valence-corrected chi connectivity index (χ1v) is 7.79. The predicted molar refractivity (Wildman–Crippen MR) is 87.2 cm³/mol. The molecule has 2 aromatic heterocycles. The van der Waals surface area contributed by atoms with Crippen molar-refractivity contribution in [3.05, 3.63) is 39.7 Å². The Balaban J connectivity index is 1.94. The van der Waals surface area contributed by atoms with E-state index in [1.165, 1.54) is 12.3 Å². The topological polar surface area (TPSA) is 105 Å². The summed E-state index contributed by atoms with van der Waals surface area (Å²) >= 11 is 6.09. The Morgan fingerprint density at radius 2 is 2.12 bits per heavy atom. The van der Waals surface area contributed by atoms with E-state index in [0.29, 0.717) is 37.3 Å².